The minimum atomic E-state index is -0.586. The molecule has 3 rings (SSSR count). The van der Waals surface area contributed by atoms with Gasteiger partial charge in [-0.05, 0) is 37.5 Å². The number of hydrogen-bond donors (Lipinski definition) is 1. The van der Waals surface area contributed by atoms with Gasteiger partial charge in [0.2, 0.25) is 11.9 Å². The van der Waals surface area contributed by atoms with Crippen LogP contribution in [0.3, 0.4) is 0 Å². The van der Waals surface area contributed by atoms with Crippen LogP contribution >= 0.6 is 0 Å². The van der Waals surface area contributed by atoms with Crippen molar-refractivity contribution in [2.24, 2.45) is 0 Å². The van der Waals surface area contributed by atoms with Crippen LogP contribution in [0.15, 0.2) is 18.2 Å². The Morgan fingerprint density at radius 1 is 1.21 bits per heavy atom. The molecule has 9 heteroatoms. The van der Waals surface area contributed by atoms with Crippen LogP contribution in [0.25, 0.3) is 0 Å². The smallest absolute Gasteiger partial charge is 0.251 e. The summed E-state index contributed by atoms with van der Waals surface area (Å²) in [5, 5.41) is 2.74. The van der Waals surface area contributed by atoms with Gasteiger partial charge in [-0.2, -0.15) is 15.0 Å². The minimum Gasteiger partial charge on any atom is -0.494 e. The molecule has 0 unspecified atom stereocenters. The van der Waals surface area contributed by atoms with E-state index in [1.165, 1.54) is 25.7 Å². The van der Waals surface area contributed by atoms with Crippen molar-refractivity contribution in [1.29, 1.82) is 0 Å². The molecule has 1 aromatic carbocycles. The van der Waals surface area contributed by atoms with Gasteiger partial charge >= 0.3 is 0 Å². The van der Waals surface area contributed by atoms with E-state index in [-0.39, 0.29) is 17.9 Å². The normalized spacial score (nSPS) is 13.9. The van der Waals surface area contributed by atoms with Crippen molar-refractivity contribution >= 4 is 17.8 Å². The molecule has 150 valence electrons. The lowest BCUT2D eigenvalue weighted by atomic mass is 10.1. The number of rotatable bonds is 6. The third kappa shape index (κ3) is 4.65. The molecule has 8 nitrogen and oxygen atoms in total. The number of anilines is 2. The van der Waals surface area contributed by atoms with Gasteiger partial charge in [-0.3, -0.25) is 4.79 Å². The molecule has 1 N–H and O–H groups in total. The maximum absolute atomic E-state index is 13.8. The van der Waals surface area contributed by atoms with Crippen molar-refractivity contribution in [3.63, 3.8) is 0 Å². The van der Waals surface area contributed by atoms with Crippen molar-refractivity contribution < 1.29 is 13.9 Å². The summed E-state index contributed by atoms with van der Waals surface area (Å²) in [6.07, 6.45) is 3.43. The quantitative estimate of drug-likeness (QED) is 0.810. The molecule has 0 spiro atoms. The number of nitrogens with one attached hydrogen (secondary N) is 1. The summed E-state index contributed by atoms with van der Waals surface area (Å²) in [5.74, 6) is 0.719. The van der Waals surface area contributed by atoms with Gasteiger partial charge in [0.05, 0.1) is 13.7 Å². The number of halogens is 1. The van der Waals surface area contributed by atoms with Gasteiger partial charge in [0.25, 0.3) is 5.91 Å². The van der Waals surface area contributed by atoms with Crippen molar-refractivity contribution in [2.45, 2.75) is 25.8 Å². The predicted molar refractivity (Wildman–Crippen MR) is 104 cm³/mol. The molecule has 2 heterocycles. The van der Waals surface area contributed by atoms with E-state index < -0.39 is 11.7 Å². The van der Waals surface area contributed by atoms with E-state index in [2.05, 4.69) is 25.2 Å². The van der Waals surface area contributed by atoms with Gasteiger partial charge in [0.1, 0.15) is 0 Å². The Kier molecular flexibility index (Phi) is 6.23. The topological polar surface area (TPSA) is 83.5 Å². The summed E-state index contributed by atoms with van der Waals surface area (Å²) in [6.45, 7) is 1.94. The van der Waals surface area contributed by atoms with Crippen LogP contribution in [0.4, 0.5) is 16.3 Å². The molecule has 0 radical (unpaired) electrons. The third-order valence-corrected chi connectivity index (χ3v) is 4.52. The van der Waals surface area contributed by atoms with Crippen LogP contribution < -0.4 is 19.9 Å². The molecule has 1 amide bonds. The minimum absolute atomic E-state index is 0.0933. The highest BCUT2D eigenvalue weighted by molar-refractivity contribution is 5.94. The number of carbonyl (C=O) groups excluding carboxylic acids is 1. The molecule has 0 bridgehead atoms. The Bertz CT molecular complexity index is 839. The van der Waals surface area contributed by atoms with E-state index in [1.54, 1.807) is 4.90 Å². The molecule has 0 atom stereocenters. The molecule has 0 aliphatic carbocycles. The Morgan fingerprint density at radius 2 is 1.96 bits per heavy atom. The fourth-order valence-corrected chi connectivity index (χ4v) is 2.98. The van der Waals surface area contributed by atoms with Crippen LogP contribution in [-0.2, 0) is 6.54 Å². The number of aromatic nitrogens is 3. The molecule has 1 aromatic heterocycles. The third-order valence-electron chi connectivity index (χ3n) is 4.52. The molecule has 1 aliphatic rings. The second kappa shape index (κ2) is 8.81. The lowest BCUT2D eigenvalue weighted by Gasteiger charge is -2.27. The van der Waals surface area contributed by atoms with Crippen molar-refractivity contribution in [3.8, 4) is 5.75 Å². The zero-order chi connectivity index (χ0) is 20.1. The van der Waals surface area contributed by atoms with Crippen LogP contribution in [-0.4, -0.2) is 55.2 Å². The van der Waals surface area contributed by atoms with E-state index >= 15 is 0 Å². The highest BCUT2D eigenvalue weighted by Gasteiger charge is 2.17. The molecule has 1 fully saturated rings. The number of ether oxygens (including phenoxy) is 1. The zero-order valence-corrected chi connectivity index (χ0v) is 16.4. The van der Waals surface area contributed by atoms with Gasteiger partial charge in [-0.25, -0.2) is 4.39 Å². The average Bonchev–Trinajstić information content (AvgIpc) is 2.72. The molecule has 2 aromatic rings. The largest absolute Gasteiger partial charge is 0.494 e. The average molecular weight is 388 g/mol. The fourth-order valence-electron chi connectivity index (χ4n) is 2.98. The first kappa shape index (κ1) is 19.8. The number of benzene rings is 1. The number of amides is 1. The van der Waals surface area contributed by atoms with Crippen LogP contribution in [0, 0.1) is 5.82 Å². The van der Waals surface area contributed by atoms with E-state index in [1.807, 2.05) is 14.1 Å². The second-order valence-electron chi connectivity index (χ2n) is 6.83. The summed E-state index contributed by atoms with van der Waals surface area (Å²) in [7, 11) is 5.09. The second-order valence-corrected chi connectivity index (χ2v) is 6.83. The Balaban J connectivity index is 1.74. The first-order valence-electron chi connectivity index (χ1n) is 9.27. The van der Waals surface area contributed by atoms with Gasteiger partial charge in [-0.1, -0.05) is 0 Å². The number of methoxy groups -OCH3 is 1. The highest BCUT2D eigenvalue weighted by atomic mass is 19.1. The van der Waals surface area contributed by atoms with Crippen molar-refractivity contribution in [1.82, 2.24) is 20.3 Å². The number of piperidine rings is 1. The molecule has 0 saturated carbocycles. The summed E-state index contributed by atoms with van der Waals surface area (Å²) >= 11 is 0. The van der Waals surface area contributed by atoms with Gasteiger partial charge < -0.3 is 19.9 Å². The molecular formula is C19H25FN6O2. The lowest BCUT2D eigenvalue weighted by molar-refractivity contribution is 0.0949. The van der Waals surface area contributed by atoms with Crippen LogP contribution in [0.1, 0.15) is 35.4 Å². The summed E-state index contributed by atoms with van der Waals surface area (Å²) in [5.41, 5.74) is 0.205. The number of carbonyl (C=O) groups is 1. The highest BCUT2D eigenvalue weighted by Crippen LogP contribution is 2.19. The Labute approximate surface area is 163 Å². The van der Waals surface area contributed by atoms with E-state index in [9.17, 15) is 9.18 Å². The molecule has 28 heavy (non-hydrogen) atoms. The zero-order valence-electron chi connectivity index (χ0n) is 16.4. The first-order chi connectivity index (χ1) is 13.5. The van der Waals surface area contributed by atoms with E-state index in [0.29, 0.717) is 17.7 Å². The SMILES string of the molecule is COc1ccc(C(=O)NCc2nc(N(C)C)nc(N3CCCCC3)n2)cc1F. The summed E-state index contributed by atoms with van der Waals surface area (Å²) in [4.78, 5) is 29.8. The molecular weight excluding hydrogens is 363 g/mol. The lowest BCUT2D eigenvalue weighted by Crippen LogP contribution is -2.33. The number of nitrogens with zero attached hydrogens (tertiary/aromatic N) is 5. The van der Waals surface area contributed by atoms with E-state index in [4.69, 9.17) is 4.74 Å². The fraction of sp³-hybridized carbons (Fsp3) is 0.474. The van der Waals surface area contributed by atoms with E-state index in [0.717, 1.165) is 32.0 Å². The number of hydrogen-bond acceptors (Lipinski definition) is 7. The standard InChI is InChI=1S/C19H25FN6O2/c1-25(2)18-22-16(23-19(24-18)26-9-5-4-6-10-26)12-21-17(27)13-7-8-15(28-3)14(20)11-13/h7-8,11H,4-6,9-10,12H2,1-3H3,(H,21,27). The molecule has 1 saturated heterocycles. The molecule has 1 aliphatic heterocycles. The van der Waals surface area contributed by atoms with Crippen molar-refractivity contribution in [3.05, 3.63) is 35.4 Å². The maximum Gasteiger partial charge on any atom is 0.251 e. The Morgan fingerprint density at radius 3 is 2.61 bits per heavy atom. The van der Waals surface area contributed by atoms with Gasteiger partial charge in [-0.15, -0.1) is 0 Å². The summed E-state index contributed by atoms with van der Waals surface area (Å²) in [6, 6.07) is 4.08. The van der Waals surface area contributed by atoms with Gasteiger partial charge in [0, 0.05) is 32.7 Å². The van der Waals surface area contributed by atoms with Crippen molar-refractivity contribution in [2.75, 3.05) is 44.1 Å². The first-order valence-corrected chi connectivity index (χ1v) is 9.27. The summed E-state index contributed by atoms with van der Waals surface area (Å²) < 4.78 is 18.7. The maximum atomic E-state index is 13.8. The van der Waals surface area contributed by atoms with Crippen LogP contribution in [0.2, 0.25) is 0 Å². The Hall–Kier alpha value is -2.97. The monoisotopic (exact) mass is 388 g/mol. The van der Waals surface area contributed by atoms with Gasteiger partial charge in [0.15, 0.2) is 17.4 Å². The van der Waals surface area contributed by atoms with Crippen LogP contribution in [0.5, 0.6) is 5.75 Å². The predicted octanol–water partition coefficient (Wildman–Crippen LogP) is 2.01.